The van der Waals surface area contributed by atoms with Gasteiger partial charge < -0.3 is 9.13 Å². The molecule has 0 saturated carbocycles. The van der Waals surface area contributed by atoms with E-state index in [2.05, 4.69) is 93.1 Å². The van der Waals surface area contributed by atoms with E-state index >= 15 is 0 Å². The monoisotopic (exact) mass is 438 g/mol. The molecule has 162 valence electrons. The molecule has 1 aliphatic rings. The molecule has 4 aromatic heterocycles. The Balaban J connectivity index is 1.46. The van der Waals surface area contributed by atoms with Gasteiger partial charge in [0.05, 0.1) is 22.2 Å². The molecule has 7 rings (SSSR count). The summed E-state index contributed by atoms with van der Waals surface area (Å²) in [6.45, 7) is 0. The zero-order valence-corrected chi connectivity index (χ0v) is 18.6. The number of hydrogen-bond acceptors (Lipinski definition) is 2. The maximum Gasteiger partial charge on any atom is 0.137 e. The van der Waals surface area contributed by atoms with E-state index in [0.29, 0.717) is 0 Å². The highest BCUT2D eigenvalue weighted by Crippen LogP contribution is 2.37. The van der Waals surface area contributed by atoms with E-state index in [1.54, 1.807) is 6.20 Å². The molecule has 0 aliphatic heterocycles. The van der Waals surface area contributed by atoms with Crippen molar-refractivity contribution in [2.75, 3.05) is 0 Å². The fraction of sp³-hybridized carbons (Fsp3) is 0.0667. The van der Waals surface area contributed by atoms with E-state index in [0.717, 1.165) is 35.4 Å². The molecular formula is C30H22N4. The normalized spacial score (nSPS) is 13.7. The van der Waals surface area contributed by atoms with Crippen LogP contribution in [0.5, 0.6) is 0 Å². The van der Waals surface area contributed by atoms with Crippen LogP contribution >= 0.6 is 0 Å². The largest absolute Gasteiger partial charge is 0.313 e. The van der Waals surface area contributed by atoms with E-state index < -0.39 is 0 Å². The number of aromatic nitrogens is 4. The summed E-state index contributed by atoms with van der Waals surface area (Å²) in [5.41, 5.74) is 6.95. The predicted octanol–water partition coefficient (Wildman–Crippen LogP) is 7.39. The van der Waals surface area contributed by atoms with Gasteiger partial charge in [0.15, 0.2) is 0 Å². The fourth-order valence-electron chi connectivity index (χ4n) is 5.12. The Hall–Kier alpha value is -4.44. The Morgan fingerprint density at radius 3 is 2.65 bits per heavy atom. The minimum absolute atomic E-state index is 0.902. The van der Waals surface area contributed by atoms with Crippen molar-refractivity contribution >= 4 is 38.4 Å². The van der Waals surface area contributed by atoms with Crippen LogP contribution in [0.25, 0.3) is 55.5 Å². The first-order valence-corrected chi connectivity index (χ1v) is 11.6. The molecule has 4 heteroatoms. The summed E-state index contributed by atoms with van der Waals surface area (Å²) in [7, 11) is 0. The summed E-state index contributed by atoms with van der Waals surface area (Å²) < 4.78 is 4.62. The molecule has 0 amide bonds. The molecule has 0 saturated heterocycles. The van der Waals surface area contributed by atoms with E-state index in [4.69, 9.17) is 4.98 Å². The van der Waals surface area contributed by atoms with Crippen LogP contribution in [-0.2, 0) is 0 Å². The number of benzene rings is 2. The molecule has 34 heavy (non-hydrogen) atoms. The van der Waals surface area contributed by atoms with Gasteiger partial charge in [-0.1, -0.05) is 36.4 Å². The average molecular weight is 439 g/mol. The van der Waals surface area contributed by atoms with Crippen molar-refractivity contribution in [2.45, 2.75) is 12.8 Å². The quantitative estimate of drug-likeness (QED) is 0.289. The van der Waals surface area contributed by atoms with Gasteiger partial charge in [0.2, 0.25) is 0 Å². The van der Waals surface area contributed by atoms with E-state index in [-0.39, 0.29) is 0 Å². The summed E-state index contributed by atoms with van der Waals surface area (Å²) >= 11 is 0. The molecule has 0 bridgehead atoms. The minimum Gasteiger partial charge on any atom is -0.313 e. The van der Waals surface area contributed by atoms with Crippen LogP contribution in [0.3, 0.4) is 0 Å². The second-order valence-electron chi connectivity index (χ2n) is 8.71. The highest BCUT2D eigenvalue weighted by Gasteiger charge is 2.16. The number of para-hydroxylation sites is 1. The van der Waals surface area contributed by atoms with Crippen LogP contribution in [0.15, 0.2) is 110 Å². The van der Waals surface area contributed by atoms with Crippen molar-refractivity contribution < 1.29 is 0 Å². The zero-order valence-electron chi connectivity index (χ0n) is 18.6. The number of fused-ring (bicyclic) bond motifs is 4. The molecule has 1 aliphatic carbocycles. The third-order valence-corrected chi connectivity index (χ3v) is 6.70. The van der Waals surface area contributed by atoms with Gasteiger partial charge in [-0.3, -0.25) is 4.98 Å². The van der Waals surface area contributed by atoms with Crippen LogP contribution in [0.1, 0.15) is 12.8 Å². The number of allylic oxidation sites excluding steroid dienone is 4. The highest BCUT2D eigenvalue weighted by atomic mass is 15.1. The first kappa shape index (κ1) is 19.1. The van der Waals surface area contributed by atoms with Crippen molar-refractivity contribution in [2.24, 2.45) is 0 Å². The molecule has 2 aromatic carbocycles. The third kappa shape index (κ3) is 2.92. The van der Waals surface area contributed by atoms with Crippen molar-refractivity contribution in [1.29, 1.82) is 0 Å². The minimum atomic E-state index is 0.902. The van der Waals surface area contributed by atoms with Gasteiger partial charge in [0.1, 0.15) is 5.82 Å². The SMILES string of the molecule is C1=CCCC(n2c3ccccc3c3cc4c(ccn4-c4cccc(-c5cccnc5)n4)cc32)=C1. The number of pyridine rings is 2. The summed E-state index contributed by atoms with van der Waals surface area (Å²) in [5.74, 6) is 0.902. The predicted molar refractivity (Wildman–Crippen MR) is 140 cm³/mol. The van der Waals surface area contributed by atoms with Crippen LogP contribution in [0.2, 0.25) is 0 Å². The van der Waals surface area contributed by atoms with E-state index in [9.17, 15) is 0 Å². The Bertz CT molecular complexity index is 1750. The fourth-order valence-corrected chi connectivity index (χ4v) is 5.12. The molecule has 4 nitrogen and oxygen atoms in total. The van der Waals surface area contributed by atoms with Gasteiger partial charge in [-0.2, -0.15) is 0 Å². The Kier molecular flexibility index (Phi) is 4.24. The van der Waals surface area contributed by atoms with Gasteiger partial charge in [-0.15, -0.1) is 0 Å². The number of hydrogen-bond donors (Lipinski definition) is 0. The lowest BCUT2D eigenvalue weighted by Gasteiger charge is -2.14. The summed E-state index contributed by atoms with van der Waals surface area (Å²) in [6.07, 6.45) is 14.6. The zero-order chi connectivity index (χ0) is 22.5. The van der Waals surface area contributed by atoms with E-state index in [1.807, 2.05) is 24.4 Å². The second-order valence-corrected chi connectivity index (χ2v) is 8.71. The molecule has 0 spiro atoms. The first-order valence-electron chi connectivity index (χ1n) is 11.6. The van der Waals surface area contributed by atoms with Gasteiger partial charge in [0, 0.05) is 46.0 Å². The van der Waals surface area contributed by atoms with Gasteiger partial charge in [-0.05, 0) is 67.4 Å². The Morgan fingerprint density at radius 1 is 0.794 bits per heavy atom. The molecule has 0 fully saturated rings. The first-order chi connectivity index (χ1) is 16.9. The maximum absolute atomic E-state index is 4.96. The molecule has 0 radical (unpaired) electrons. The van der Waals surface area contributed by atoms with Crippen molar-refractivity contribution in [3.05, 3.63) is 110 Å². The number of nitrogens with zero attached hydrogens (tertiary/aromatic N) is 4. The maximum atomic E-state index is 4.96. The van der Waals surface area contributed by atoms with Crippen LogP contribution in [-0.4, -0.2) is 19.1 Å². The number of rotatable bonds is 3. The summed E-state index contributed by atoms with van der Waals surface area (Å²) in [6, 6.07) is 25.7. The van der Waals surface area contributed by atoms with E-state index in [1.165, 1.54) is 32.9 Å². The Morgan fingerprint density at radius 2 is 1.76 bits per heavy atom. The van der Waals surface area contributed by atoms with Gasteiger partial charge in [0.25, 0.3) is 0 Å². The smallest absolute Gasteiger partial charge is 0.137 e. The molecular weight excluding hydrogens is 416 g/mol. The van der Waals surface area contributed by atoms with Crippen molar-refractivity contribution in [3.8, 4) is 17.1 Å². The van der Waals surface area contributed by atoms with Gasteiger partial charge in [-0.25, -0.2) is 4.98 Å². The van der Waals surface area contributed by atoms with Crippen LogP contribution < -0.4 is 0 Å². The standard InChI is InChI=1S/C30H22N4/c1-2-9-23(10-3-1)34-27-13-5-4-11-24(27)25-19-28-21(18-29(25)34)15-17-33(28)30-14-6-12-26(32-30)22-8-7-16-31-20-22/h1-2,4-9,11-20H,3,10H2. The van der Waals surface area contributed by atoms with Crippen LogP contribution in [0.4, 0.5) is 0 Å². The average Bonchev–Trinajstić information content (AvgIpc) is 3.47. The topological polar surface area (TPSA) is 35.6 Å². The third-order valence-electron chi connectivity index (χ3n) is 6.70. The summed E-state index contributed by atoms with van der Waals surface area (Å²) in [4.78, 5) is 9.21. The lowest BCUT2D eigenvalue weighted by atomic mass is 10.1. The molecule has 0 N–H and O–H groups in total. The molecule has 4 heterocycles. The highest BCUT2D eigenvalue weighted by molar-refractivity contribution is 6.14. The van der Waals surface area contributed by atoms with Crippen molar-refractivity contribution in [1.82, 2.24) is 19.1 Å². The lowest BCUT2D eigenvalue weighted by Crippen LogP contribution is -1.99. The van der Waals surface area contributed by atoms with Crippen molar-refractivity contribution in [3.63, 3.8) is 0 Å². The molecule has 6 aromatic rings. The van der Waals surface area contributed by atoms with Crippen LogP contribution in [0, 0.1) is 0 Å². The van der Waals surface area contributed by atoms with Gasteiger partial charge >= 0.3 is 0 Å². The molecule has 0 unspecified atom stereocenters. The summed E-state index contributed by atoms with van der Waals surface area (Å²) in [5, 5.41) is 3.75. The lowest BCUT2D eigenvalue weighted by molar-refractivity contribution is 0.979. The Labute approximate surface area is 197 Å². The second kappa shape index (κ2) is 7.56. The molecule has 0 atom stereocenters.